The second-order valence-electron chi connectivity index (χ2n) is 6.38. The Kier molecular flexibility index (Phi) is 5.36. The molecule has 0 radical (unpaired) electrons. The minimum atomic E-state index is -3.74. The molecule has 1 aromatic carbocycles. The molecule has 0 atom stereocenters. The van der Waals surface area contributed by atoms with Gasteiger partial charge >= 0.3 is 0 Å². The molecule has 0 saturated heterocycles. The number of amides is 1. The molecule has 3 aromatic rings. The van der Waals surface area contributed by atoms with E-state index in [4.69, 9.17) is 4.42 Å². The summed E-state index contributed by atoms with van der Waals surface area (Å²) in [4.78, 5) is 15.1. The van der Waals surface area contributed by atoms with E-state index in [0.29, 0.717) is 11.7 Å². The van der Waals surface area contributed by atoms with Crippen molar-refractivity contribution in [2.24, 2.45) is 0 Å². The zero-order valence-corrected chi connectivity index (χ0v) is 15.8. The number of aromatic nitrogens is 1. The Morgan fingerprint density at radius 2 is 1.85 bits per heavy atom. The van der Waals surface area contributed by atoms with Gasteiger partial charge < -0.3 is 14.7 Å². The van der Waals surface area contributed by atoms with E-state index in [2.05, 4.69) is 15.0 Å². The van der Waals surface area contributed by atoms with Crippen LogP contribution in [0.25, 0.3) is 0 Å². The molecule has 0 spiro atoms. The van der Waals surface area contributed by atoms with Crippen molar-refractivity contribution in [1.29, 1.82) is 0 Å². The van der Waals surface area contributed by atoms with Gasteiger partial charge in [-0.05, 0) is 47.9 Å². The minimum Gasteiger partial charge on any atom is -0.467 e. The average Bonchev–Trinajstić information content (AvgIpc) is 3.31. The molecule has 2 aromatic heterocycles. The topological polar surface area (TPSA) is 104 Å². The van der Waals surface area contributed by atoms with E-state index in [1.54, 1.807) is 36.4 Å². The first-order valence-electron chi connectivity index (χ1n) is 8.47. The van der Waals surface area contributed by atoms with Gasteiger partial charge in [0.25, 0.3) is 15.9 Å². The highest BCUT2D eigenvalue weighted by molar-refractivity contribution is 7.92. The number of anilines is 1. The molecule has 1 amide bonds. The molecule has 0 saturated carbocycles. The van der Waals surface area contributed by atoms with Crippen molar-refractivity contribution in [1.82, 2.24) is 10.3 Å². The smallest absolute Gasteiger partial charge is 0.268 e. The highest BCUT2D eigenvalue weighted by Gasteiger charge is 2.16. The van der Waals surface area contributed by atoms with Crippen molar-refractivity contribution in [3.8, 4) is 0 Å². The predicted octanol–water partition coefficient (Wildman–Crippen LogP) is 3.46. The Balaban J connectivity index is 1.66. The SMILES string of the molecule is CC(C)c1ccc(S(=O)(=O)Nc2ccc(C(=O)NCc3ccco3)[nH]2)cc1. The van der Waals surface area contributed by atoms with E-state index in [1.165, 1.54) is 18.4 Å². The molecule has 142 valence electrons. The standard InChI is InChI=1S/C19H21N3O4S/c1-13(2)14-5-7-16(8-6-14)27(24,25)22-18-10-9-17(21-18)19(23)20-12-15-4-3-11-26-15/h3-11,13,21-22H,12H2,1-2H3,(H,20,23). The molecule has 8 heteroatoms. The van der Waals surface area contributed by atoms with E-state index in [-0.39, 0.29) is 28.9 Å². The molecular weight excluding hydrogens is 366 g/mol. The number of sulfonamides is 1. The monoisotopic (exact) mass is 387 g/mol. The van der Waals surface area contributed by atoms with Crippen LogP contribution in [0.15, 0.2) is 64.1 Å². The van der Waals surface area contributed by atoms with Crippen LogP contribution in [0.2, 0.25) is 0 Å². The first kappa shape index (κ1) is 18.8. The van der Waals surface area contributed by atoms with Gasteiger partial charge in [0, 0.05) is 0 Å². The number of aromatic amines is 1. The number of nitrogens with one attached hydrogen (secondary N) is 3. The number of hydrogen-bond donors (Lipinski definition) is 3. The third-order valence-electron chi connectivity index (χ3n) is 4.04. The summed E-state index contributed by atoms with van der Waals surface area (Å²) in [5.41, 5.74) is 1.30. The van der Waals surface area contributed by atoms with Crippen molar-refractivity contribution in [3.63, 3.8) is 0 Å². The molecule has 0 unspecified atom stereocenters. The van der Waals surface area contributed by atoms with E-state index in [9.17, 15) is 13.2 Å². The Morgan fingerprint density at radius 1 is 1.11 bits per heavy atom. The maximum atomic E-state index is 12.5. The molecule has 0 fully saturated rings. The Hall–Kier alpha value is -3.00. The number of rotatable bonds is 7. The van der Waals surface area contributed by atoms with Gasteiger partial charge in [0.05, 0.1) is 17.7 Å². The summed E-state index contributed by atoms with van der Waals surface area (Å²) < 4.78 is 32.6. The van der Waals surface area contributed by atoms with Crippen molar-refractivity contribution >= 4 is 21.7 Å². The molecule has 0 aliphatic carbocycles. The van der Waals surface area contributed by atoms with Gasteiger partial charge in [-0.1, -0.05) is 26.0 Å². The molecule has 7 nitrogen and oxygen atoms in total. The van der Waals surface area contributed by atoms with E-state index < -0.39 is 10.0 Å². The second-order valence-corrected chi connectivity index (χ2v) is 8.06. The van der Waals surface area contributed by atoms with Crippen molar-refractivity contribution in [3.05, 3.63) is 71.8 Å². The van der Waals surface area contributed by atoms with Crippen molar-refractivity contribution in [2.45, 2.75) is 31.2 Å². The lowest BCUT2D eigenvalue weighted by Gasteiger charge is -2.09. The second kappa shape index (κ2) is 7.71. The lowest BCUT2D eigenvalue weighted by atomic mass is 10.0. The van der Waals surface area contributed by atoms with Crippen LogP contribution < -0.4 is 10.0 Å². The summed E-state index contributed by atoms with van der Waals surface area (Å²) in [6.07, 6.45) is 1.52. The number of hydrogen-bond acceptors (Lipinski definition) is 4. The van der Waals surface area contributed by atoms with Crippen LogP contribution in [0.3, 0.4) is 0 Å². The largest absolute Gasteiger partial charge is 0.467 e. The fourth-order valence-corrected chi connectivity index (χ4v) is 3.52. The number of H-pyrrole nitrogens is 1. The average molecular weight is 387 g/mol. The number of carbonyl (C=O) groups excluding carboxylic acids is 1. The van der Waals surface area contributed by atoms with Gasteiger partial charge in [-0.2, -0.15) is 0 Å². The Labute approximate surface area is 157 Å². The van der Waals surface area contributed by atoms with Crippen LogP contribution >= 0.6 is 0 Å². The van der Waals surface area contributed by atoms with Crippen LogP contribution in [0.1, 0.15) is 41.6 Å². The zero-order chi connectivity index (χ0) is 19.4. The van der Waals surface area contributed by atoms with Crippen LogP contribution in [0.4, 0.5) is 5.82 Å². The minimum absolute atomic E-state index is 0.158. The Bertz CT molecular complexity index is 1000. The number of carbonyl (C=O) groups is 1. The molecule has 0 aliphatic rings. The van der Waals surface area contributed by atoms with Crippen LogP contribution in [0.5, 0.6) is 0 Å². The highest BCUT2D eigenvalue weighted by atomic mass is 32.2. The van der Waals surface area contributed by atoms with Crippen molar-refractivity contribution in [2.75, 3.05) is 4.72 Å². The summed E-state index contributed by atoms with van der Waals surface area (Å²) in [5.74, 6) is 0.797. The predicted molar refractivity (Wildman–Crippen MR) is 102 cm³/mol. The molecule has 2 heterocycles. The molecular formula is C19H21N3O4S. The van der Waals surface area contributed by atoms with Crippen LogP contribution in [-0.4, -0.2) is 19.3 Å². The maximum absolute atomic E-state index is 12.5. The van der Waals surface area contributed by atoms with Gasteiger partial charge in [0.2, 0.25) is 0 Å². The third kappa shape index (κ3) is 4.59. The summed E-state index contributed by atoms with van der Waals surface area (Å²) >= 11 is 0. The molecule has 3 rings (SSSR count). The first-order valence-corrected chi connectivity index (χ1v) is 9.96. The fourth-order valence-electron chi connectivity index (χ4n) is 2.50. The van der Waals surface area contributed by atoms with Crippen molar-refractivity contribution < 1.29 is 17.6 Å². The molecule has 0 aliphatic heterocycles. The van der Waals surface area contributed by atoms with Gasteiger partial charge in [-0.3, -0.25) is 9.52 Å². The van der Waals surface area contributed by atoms with Crippen LogP contribution in [-0.2, 0) is 16.6 Å². The first-order chi connectivity index (χ1) is 12.8. The van der Waals surface area contributed by atoms with Gasteiger partial charge in [0.15, 0.2) is 0 Å². The summed E-state index contributed by atoms with van der Waals surface area (Å²) in [5, 5.41) is 2.68. The van der Waals surface area contributed by atoms with E-state index in [0.717, 1.165) is 5.56 Å². The lowest BCUT2D eigenvalue weighted by molar-refractivity contribution is 0.0943. The van der Waals surface area contributed by atoms with Crippen LogP contribution in [0, 0.1) is 0 Å². The van der Waals surface area contributed by atoms with Gasteiger partial charge in [-0.15, -0.1) is 0 Å². The summed E-state index contributed by atoms with van der Waals surface area (Å²) in [6.45, 7) is 4.33. The molecule has 27 heavy (non-hydrogen) atoms. The summed E-state index contributed by atoms with van der Waals surface area (Å²) in [6, 6.07) is 13.2. The van der Waals surface area contributed by atoms with Gasteiger partial charge in [-0.25, -0.2) is 8.42 Å². The quantitative estimate of drug-likeness (QED) is 0.577. The zero-order valence-electron chi connectivity index (χ0n) is 15.0. The summed E-state index contributed by atoms with van der Waals surface area (Å²) in [7, 11) is -3.74. The highest BCUT2D eigenvalue weighted by Crippen LogP contribution is 2.19. The molecule has 0 bridgehead atoms. The Morgan fingerprint density at radius 3 is 2.48 bits per heavy atom. The fraction of sp³-hybridized carbons (Fsp3) is 0.211. The third-order valence-corrected chi connectivity index (χ3v) is 5.42. The lowest BCUT2D eigenvalue weighted by Crippen LogP contribution is -2.23. The van der Waals surface area contributed by atoms with E-state index in [1.807, 2.05) is 13.8 Å². The van der Waals surface area contributed by atoms with Gasteiger partial charge in [0.1, 0.15) is 17.3 Å². The number of benzene rings is 1. The molecule has 3 N–H and O–H groups in total. The maximum Gasteiger partial charge on any atom is 0.268 e. The number of furan rings is 1. The normalized spacial score (nSPS) is 11.5. The van der Waals surface area contributed by atoms with E-state index >= 15 is 0 Å².